The number of hydrogen-bond donors (Lipinski definition) is 1. The summed E-state index contributed by atoms with van der Waals surface area (Å²) in [7, 11) is 1.45. The molecule has 0 heterocycles. The monoisotopic (exact) mass is 330 g/mol. The maximum atomic E-state index is 14.5. The number of methoxy groups -OCH3 is 1. The third-order valence-corrected chi connectivity index (χ3v) is 4.48. The third-order valence-electron chi connectivity index (χ3n) is 3.91. The van der Waals surface area contributed by atoms with E-state index in [1.807, 2.05) is 0 Å². The molecule has 0 spiro atoms. The Morgan fingerprint density at radius 2 is 2.05 bits per heavy atom. The zero-order chi connectivity index (χ0) is 14.2. The van der Waals surface area contributed by atoms with Crippen LogP contribution in [0.2, 0.25) is 0 Å². The van der Waals surface area contributed by atoms with Crippen molar-refractivity contribution in [2.75, 3.05) is 7.11 Å². The van der Waals surface area contributed by atoms with Gasteiger partial charge in [0.1, 0.15) is 11.6 Å². The van der Waals surface area contributed by atoms with Gasteiger partial charge in [-0.2, -0.15) is 0 Å². The van der Waals surface area contributed by atoms with Gasteiger partial charge >= 0.3 is 5.97 Å². The van der Waals surface area contributed by atoms with E-state index in [9.17, 15) is 14.3 Å². The topological polar surface area (TPSA) is 46.5 Å². The van der Waals surface area contributed by atoms with Crippen LogP contribution in [-0.4, -0.2) is 18.2 Å². The lowest BCUT2D eigenvalue weighted by molar-refractivity contribution is -0.143. The lowest BCUT2D eigenvalue weighted by atomic mass is 9.77. The highest BCUT2D eigenvalue weighted by Gasteiger charge is 2.47. The van der Waals surface area contributed by atoms with Gasteiger partial charge in [-0.15, -0.1) is 0 Å². The number of halogens is 2. The summed E-state index contributed by atoms with van der Waals surface area (Å²) in [5.41, 5.74) is -0.241. The van der Waals surface area contributed by atoms with Gasteiger partial charge in [0, 0.05) is 5.56 Å². The Hall–Kier alpha value is -1.10. The molecule has 2 rings (SSSR count). The van der Waals surface area contributed by atoms with E-state index >= 15 is 0 Å². The maximum absolute atomic E-state index is 14.5. The SMILES string of the molecule is COc1c(C)cc(Br)c(F)c1C1(C(=O)O)CCCC1. The molecule has 0 atom stereocenters. The summed E-state index contributed by atoms with van der Waals surface area (Å²) in [5, 5.41) is 9.61. The van der Waals surface area contributed by atoms with Gasteiger partial charge in [0.15, 0.2) is 0 Å². The molecule has 104 valence electrons. The second kappa shape index (κ2) is 5.12. The van der Waals surface area contributed by atoms with Gasteiger partial charge in [0.25, 0.3) is 0 Å². The summed E-state index contributed by atoms with van der Waals surface area (Å²) in [6.07, 6.45) is 2.48. The Labute approximate surface area is 119 Å². The number of aliphatic carboxylic acids is 1. The molecule has 0 saturated heterocycles. The first-order chi connectivity index (χ1) is 8.94. The molecule has 0 aliphatic heterocycles. The standard InChI is InChI=1S/C14H16BrFO3/c1-8-7-9(15)11(16)10(12(8)19-2)14(13(17)18)5-3-4-6-14/h7H,3-6H2,1-2H3,(H,17,18). The number of ether oxygens (including phenoxy) is 1. The fourth-order valence-corrected chi connectivity index (χ4v) is 3.52. The van der Waals surface area contributed by atoms with Gasteiger partial charge in [0.05, 0.1) is 17.0 Å². The van der Waals surface area contributed by atoms with Gasteiger partial charge in [0.2, 0.25) is 0 Å². The van der Waals surface area contributed by atoms with Crippen molar-refractivity contribution in [1.29, 1.82) is 0 Å². The molecule has 1 fully saturated rings. The van der Waals surface area contributed by atoms with E-state index in [0.717, 1.165) is 18.4 Å². The molecule has 19 heavy (non-hydrogen) atoms. The third kappa shape index (κ3) is 2.14. The number of aryl methyl sites for hydroxylation is 1. The van der Waals surface area contributed by atoms with Crippen molar-refractivity contribution in [3.05, 3.63) is 27.5 Å². The lowest BCUT2D eigenvalue weighted by Gasteiger charge is -2.28. The Morgan fingerprint density at radius 1 is 1.47 bits per heavy atom. The number of carboxylic acids is 1. The van der Waals surface area contributed by atoms with E-state index in [1.54, 1.807) is 13.0 Å². The number of rotatable bonds is 3. The number of carboxylic acid groups (broad SMARTS) is 1. The van der Waals surface area contributed by atoms with E-state index in [0.29, 0.717) is 18.6 Å². The van der Waals surface area contributed by atoms with Crippen LogP contribution in [-0.2, 0) is 10.2 Å². The molecule has 1 aromatic rings. The van der Waals surface area contributed by atoms with E-state index in [-0.39, 0.29) is 10.0 Å². The van der Waals surface area contributed by atoms with Crippen LogP contribution in [0.15, 0.2) is 10.5 Å². The zero-order valence-corrected chi connectivity index (χ0v) is 12.5. The predicted octanol–water partition coefficient (Wildman–Crippen LogP) is 3.80. The Balaban J connectivity index is 2.76. The number of hydrogen-bond acceptors (Lipinski definition) is 2. The van der Waals surface area contributed by atoms with Crippen LogP contribution in [0, 0.1) is 12.7 Å². The van der Waals surface area contributed by atoms with Crippen molar-refractivity contribution in [2.24, 2.45) is 0 Å². The molecule has 0 amide bonds. The lowest BCUT2D eigenvalue weighted by Crippen LogP contribution is -2.34. The minimum Gasteiger partial charge on any atom is -0.496 e. The molecule has 5 heteroatoms. The normalized spacial score (nSPS) is 17.5. The minimum absolute atomic E-state index is 0.187. The van der Waals surface area contributed by atoms with Gasteiger partial charge in [-0.3, -0.25) is 4.79 Å². The molecule has 1 aliphatic rings. The highest BCUT2D eigenvalue weighted by molar-refractivity contribution is 9.10. The van der Waals surface area contributed by atoms with Crippen LogP contribution >= 0.6 is 15.9 Å². The first-order valence-electron chi connectivity index (χ1n) is 6.20. The first kappa shape index (κ1) is 14.3. The molecule has 0 unspecified atom stereocenters. The molecular weight excluding hydrogens is 315 g/mol. The van der Waals surface area contributed by atoms with Gasteiger partial charge in [-0.1, -0.05) is 12.8 Å². The summed E-state index contributed by atoms with van der Waals surface area (Å²) in [6.45, 7) is 1.79. The van der Waals surface area contributed by atoms with Crippen LogP contribution in [0.25, 0.3) is 0 Å². The predicted molar refractivity (Wildman–Crippen MR) is 73.2 cm³/mol. The minimum atomic E-state index is -1.16. The van der Waals surface area contributed by atoms with Gasteiger partial charge in [-0.05, 0) is 47.3 Å². The molecule has 0 bridgehead atoms. The number of carbonyl (C=O) groups is 1. The van der Waals surface area contributed by atoms with Crippen LogP contribution < -0.4 is 4.74 Å². The highest BCUT2D eigenvalue weighted by atomic mass is 79.9. The van der Waals surface area contributed by atoms with E-state index < -0.39 is 17.2 Å². The van der Waals surface area contributed by atoms with E-state index in [1.165, 1.54) is 7.11 Å². The largest absolute Gasteiger partial charge is 0.496 e. The smallest absolute Gasteiger partial charge is 0.314 e. The average molecular weight is 331 g/mol. The van der Waals surface area contributed by atoms with Crippen molar-refractivity contribution >= 4 is 21.9 Å². The van der Waals surface area contributed by atoms with Crippen LogP contribution in [0.1, 0.15) is 36.8 Å². The summed E-state index contributed by atoms with van der Waals surface area (Å²) >= 11 is 3.16. The second-order valence-corrected chi connectivity index (χ2v) is 5.85. The van der Waals surface area contributed by atoms with Crippen molar-refractivity contribution in [1.82, 2.24) is 0 Å². The fraction of sp³-hybridized carbons (Fsp3) is 0.500. The Morgan fingerprint density at radius 3 is 2.53 bits per heavy atom. The van der Waals surface area contributed by atoms with Crippen LogP contribution in [0.4, 0.5) is 4.39 Å². The van der Waals surface area contributed by atoms with Crippen LogP contribution in [0.5, 0.6) is 5.75 Å². The second-order valence-electron chi connectivity index (χ2n) is 4.99. The van der Waals surface area contributed by atoms with E-state index in [2.05, 4.69) is 15.9 Å². The molecule has 3 nitrogen and oxygen atoms in total. The molecule has 1 aromatic carbocycles. The maximum Gasteiger partial charge on any atom is 0.314 e. The molecule has 1 aliphatic carbocycles. The van der Waals surface area contributed by atoms with Crippen molar-refractivity contribution in [3.8, 4) is 5.75 Å². The summed E-state index contributed by atoms with van der Waals surface area (Å²) in [6, 6.07) is 1.61. The first-order valence-corrected chi connectivity index (χ1v) is 7.00. The molecule has 1 N–H and O–H groups in total. The van der Waals surface area contributed by atoms with Crippen molar-refractivity contribution in [3.63, 3.8) is 0 Å². The van der Waals surface area contributed by atoms with E-state index in [4.69, 9.17) is 4.74 Å². The molecular formula is C14H16BrFO3. The summed E-state index contributed by atoms with van der Waals surface area (Å²) in [4.78, 5) is 11.7. The fourth-order valence-electron chi connectivity index (χ4n) is 2.98. The summed E-state index contributed by atoms with van der Waals surface area (Å²) in [5.74, 6) is -1.14. The van der Waals surface area contributed by atoms with Crippen molar-refractivity contribution < 1.29 is 19.0 Å². The molecule has 1 saturated carbocycles. The van der Waals surface area contributed by atoms with Gasteiger partial charge in [-0.25, -0.2) is 4.39 Å². The molecule has 0 radical (unpaired) electrons. The average Bonchev–Trinajstić information content (AvgIpc) is 2.83. The Kier molecular flexibility index (Phi) is 3.85. The quantitative estimate of drug-likeness (QED) is 0.916. The van der Waals surface area contributed by atoms with Gasteiger partial charge < -0.3 is 9.84 Å². The summed E-state index contributed by atoms with van der Waals surface area (Å²) < 4.78 is 20.1. The van der Waals surface area contributed by atoms with Crippen molar-refractivity contribution in [2.45, 2.75) is 38.0 Å². The molecule has 0 aromatic heterocycles. The highest BCUT2D eigenvalue weighted by Crippen LogP contribution is 2.48. The number of benzene rings is 1. The van der Waals surface area contributed by atoms with Crippen LogP contribution in [0.3, 0.4) is 0 Å². The Bertz CT molecular complexity index is 522. The zero-order valence-electron chi connectivity index (χ0n) is 10.9.